The predicted molar refractivity (Wildman–Crippen MR) is 90.1 cm³/mol. The smallest absolute Gasteiger partial charge is 0.292 e. The van der Waals surface area contributed by atoms with E-state index in [2.05, 4.69) is 20.4 Å². The minimum Gasteiger partial charge on any atom is -0.497 e. The third-order valence-corrected chi connectivity index (χ3v) is 3.75. The van der Waals surface area contributed by atoms with Gasteiger partial charge in [0.25, 0.3) is 5.56 Å². The topological polar surface area (TPSA) is 101 Å². The van der Waals surface area contributed by atoms with E-state index in [1.807, 2.05) is 6.07 Å². The lowest BCUT2D eigenvalue weighted by molar-refractivity contribution is 0.174. The molecule has 0 aliphatic carbocycles. The number of rotatable bonds is 4. The summed E-state index contributed by atoms with van der Waals surface area (Å²) in [5.74, 6) is 2.01. The summed E-state index contributed by atoms with van der Waals surface area (Å²) in [7, 11) is 1.59. The lowest BCUT2D eigenvalue weighted by atomic mass is 10.1. The summed E-state index contributed by atoms with van der Waals surface area (Å²) in [6.07, 6.45) is 0. The average molecular weight is 338 g/mol. The van der Waals surface area contributed by atoms with Crippen LogP contribution in [-0.4, -0.2) is 24.1 Å². The molecular formula is C17H14N4O4. The van der Waals surface area contributed by atoms with Crippen molar-refractivity contribution in [2.75, 3.05) is 13.9 Å². The lowest BCUT2D eigenvalue weighted by Gasteiger charge is -2.01. The number of H-pyrrole nitrogens is 2. The van der Waals surface area contributed by atoms with E-state index >= 15 is 0 Å². The van der Waals surface area contributed by atoms with Crippen molar-refractivity contribution in [3.8, 4) is 28.5 Å². The van der Waals surface area contributed by atoms with E-state index in [0.717, 1.165) is 11.3 Å². The molecule has 2 heterocycles. The first-order chi connectivity index (χ1) is 12.2. The van der Waals surface area contributed by atoms with Crippen LogP contribution in [0.4, 0.5) is 11.4 Å². The Morgan fingerprint density at radius 3 is 2.60 bits per heavy atom. The normalized spacial score (nSPS) is 12.7. The third kappa shape index (κ3) is 2.85. The number of azo groups is 1. The number of ether oxygens (including phenoxy) is 3. The van der Waals surface area contributed by atoms with E-state index < -0.39 is 0 Å². The molecule has 0 unspecified atom stereocenters. The van der Waals surface area contributed by atoms with E-state index in [-0.39, 0.29) is 18.0 Å². The molecule has 1 aliphatic heterocycles. The zero-order chi connectivity index (χ0) is 17.2. The first-order valence-electron chi connectivity index (χ1n) is 7.51. The van der Waals surface area contributed by atoms with Gasteiger partial charge in [-0.25, -0.2) is 0 Å². The van der Waals surface area contributed by atoms with Crippen molar-refractivity contribution in [1.29, 1.82) is 0 Å². The van der Waals surface area contributed by atoms with Gasteiger partial charge in [0.15, 0.2) is 17.2 Å². The second kappa shape index (κ2) is 6.16. The average Bonchev–Trinajstić information content (AvgIpc) is 3.26. The number of hydrogen-bond acceptors (Lipinski definition) is 6. The van der Waals surface area contributed by atoms with Gasteiger partial charge in [0.2, 0.25) is 6.79 Å². The van der Waals surface area contributed by atoms with Crippen molar-refractivity contribution in [2.45, 2.75) is 0 Å². The van der Waals surface area contributed by atoms with Crippen LogP contribution in [0.1, 0.15) is 0 Å². The second-order valence-corrected chi connectivity index (χ2v) is 5.27. The highest BCUT2D eigenvalue weighted by Gasteiger charge is 2.17. The summed E-state index contributed by atoms with van der Waals surface area (Å²) in [6, 6.07) is 12.4. The van der Waals surface area contributed by atoms with Crippen molar-refractivity contribution in [3.63, 3.8) is 0 Å². The highest BCUT2D eigenvalue weighted by molar-refractivity contribution is 5.73. The van der Waals surface area contributed by atoms with Crippen molar-refractivity contribution in [3.05, 3.63) is 52.8 Å². The first kappa shape index (κ1) is 15.0. The Kier molecular flexibility index (Phi) is 3.70. The second-order valence-electron chi connectivity index (χ2n) is 5.27. The summed E-state index contributed by atoms with van der Waals surface area (Å²) in [6.45, 7) is 0.187. The number of nitrogens with one attached hydrogen (secondary N) is 2. The molecule has 0 atom stereocenters. The fourth-order valence-electron chi connectivity index (χ4n) is 2.46. The fourth-order valence-corrected chi connectivity index (χ4v) is 2.46. The number of benzene rings is 2. The van der Waals surface area contributed by atoms with Gasteiger partial charge in [0.1, 0.15) is 5.75 Å². The Labute approximate surface area is 142 Å². The summed E-state index contributed by atoms with van der Waals surface area (Å²) in [5, 5.41) is 13.6. The fraction of sp³-hybridized carbons (Fsp3) is 0.118. The Bertz CT molecular complexity index is 989. The molecular weight excluding hydrogens is 324 g/mol. The van der Waals surface area contributed by atoms with Gasteiger partial charge in [0.05, 0.1) is 18.5 Å². The molecule has 1 aromatic heterocycles. The molecule has 126 valence electrons. The van der Waals surface area contributed by atoms with Gasteiger partial charge in [0, 0.05) is 5.56 Å². The minimum absolute atomic E-state index is 0.187. The molecule has 0 amide bonds. The summed E-state index contributed by atoms with van der Waals surface area (Å²) in [4.78, 5) is 12.1. The standard InChI is InChI=1S/C17H14N4O4/c1-23-12-5-3-11(4-6-12)18-20-16-15(19-21-17(16)22)10-2-7-13-14(8-10)25-9-24-13/h2-8H,9H2,1H3,(H2,19,21,22). The van der Waals surface area contributed by atoms with E-state index in [1.54, 1.807) is 43.5 Å². The lowest BCUT2D eigenvalue weighted by Crippen LogP contribution is -1.96. The molecule has 0 bridgehead atoms. The van der Waals surface area contributed by atoms with Crippen LogP contribution >= 0.6 is 0 Å². The number of nitrogens with zero attached hydrogens (tertiary/aromatic N) is 2. The summed E-state index contributed by atoms with van der Waals surface area (Å²) < 4.78 is 15.8. The Balaban J connectivity index is 1.67. The SMILES string of the molecule is COc1ccc(N=Nc2c(-c3ccc4c(c3)OCO4)[nH][nH]c2=O)cc1. The highest BCUT2D eigenvalue weighted by atomic mass is 16.7. The Hall–Kier alpha value is -3.55. The number of methoxy groups -OCH3 is 1. The van der Waals surface area contributed by atoms with Gasteiger partial charge >= 0.3 is 0 Å². The van der Waals surface area contributed by atoms with Gasteiger partial charge in [-0.1, -0.05) is 0 Å². The van der Waals surface area contributed by atoms with Gasteiger partial charge in [-0.2, -0.15) is 5.11 Å². The van der Waals surface area contributed by atoms with Crippen molar-refractivity contribution in [2.24, 2.45) is 10.2 Å². The Morgan fingerprint density at radius 1 is 1.00 bits per heavy atom. The molecule has 8 nitrogen and oxygen atoms in total. The third-order valence-electron chi connectivity index (χ3n) is 3.75. The van der Waals surface area contributed by atoms with E-state index in [4.69, 9.17) is 14.2 Å². The van der Waals surface area contributed by atoms with Crippen molar-refractivity contribution in [1.82, 2.24) is 10.2 Å². The molecule has 0 radical (unpaired) electrons. The van der Waals surface area contributed by atoms with Gasteiger partial charge in [-0.3, -0.25) is 15.0 Å². The van der Waals surface area contributed by atoms with E-state index in [9.17, 15) is 4.79 Å². The molecule has 3 aromatic rings. The minimum atomic E-state index is -0.357. The monoisotopic (exact) mass is 338 g/mol. The molecule has 25 heavy (non-hydrogen) atoms. The number of hydrogen-bond donors (Lipinski definition) is 2. The van der Waals surface area contributed by atoms with Crippen LogP contribution in [0.2, 0.25) is 0 Å². The summed E-state index contributed by atoms with van der Waals surface area (Å²) >= 11 is 0. The van der Waals surface area contributed by atoms with Gasteiger partial charge in [-0.15, -0.1) is 5.11 Å². The Morgan fingerprint density at radius 2 is 1.80 bits per heavy atom. The maximum atomic E-state index is 12.1. The molecule has 2 N–H and O–H groups in total. The molecule has 0 fully saturated rings. The number of aromatic nitrogens is 2. The quantitative estimate of drug-likeness (QED) is 0.711. The van der Waals surface area contributed by atoms with E-state index in [1.165, 1.54) is 0 Å². The molecule has 0 saturated carbocycles. The number of fused-ring (bicyclic) bond motifs is 1. The van der Waals surface area contributed by atoms with Gasteiger partial charge < -0.3 is 14.2 Å². The molecule has 0 spiro atoms. The van der Waals surface area contributed by atoms with Crippen LogP contribution in [0.25, 0.3) is 11.3 Å². The maximum Gasteiger partial charge on any atom is 0.292 e. The van der Waals surface area contributed by atoms with Crippen molar-refractivity contribution >= 4 is 11.4 Å². The van der Waals surface area contributed by atoms with Crippen LogP contribution in [-0.2, 0) is 0 Å². The van der Waals surface area contributed by atoms with Gasteiger partial charge in [-0.05, 0) is 42.5 Å². The highest BCUT2D eigenvalue weighted by Crippen LogP contribution is 2.37. The predicted octanol–water partition coefficient (Wildman–Crippen LogP) is 3.52. The van der Waals surface area contributed by atoms with Crippen LogP contribution in [0.15, 0.2) is 57.5 Å². The van der Waals surface area contributed by atoms with Crippen molar-refractivity contribution < 1.29 is 14.2 Å². The molecule has 4 rings (SSSR count). The van der Waals surface area contributed by atoms with Crippen LogP contribution in [0.5, 0.6) is 17.2 Å². The maximum absolute atomic E-state index is 12.1. The first-order valence-corrected chi connectivity index (χ1v) is 7.51. The zero-order valence-corrected chi connectivity index (χ0v) is 13.3. The molecule has 1 aliphatic rings. The zero-order valence-electron chi connectivity index (χ0n) is 13.3. The van der Waals surface area contributed by atoms with Crippen LogP contribution in [0, 0.1) is 0 Å². The number of aromatic amines is 2. The summed E-state index contributed by atoms with van der Waals surface area (Å²) in [5.41, 5.74) is 1.71. The molecule has 2 aromatic carbocycles. The van der Waals surface area contributed by atoms with E-state index in [0.29, 0.717) is 22.9 Å². The van der Waals surface area contributed by atoms with Crippen LogP contribution < -0.4 is 19.8 Å². The molecule has 0 saturated heterocycles. The van der Waals surface area contributed by atoms with Crippen LogP contribution in [0.3, 0.4) is 0 Å². The molecule has 8 heteroatoms. The largest absolute Gasteiger partial charge is 0.497 e.